The van der Waals surface area contributed by atoms with Gasteiger partial charge in [-0.3, -0.25) is 0 Å². The van der Waals surface area contributed by atoms with Crippen LogP contribution in [0.15, 0.2) is 18.2 Å². The average molecular weight is 306 g/mol. The van der Waals surface area contributed by atoms with Crippen LogP contribution in [0.3, 0.4) is 0 Å². The van der Waals surface area contributed by atoms with E-state index in [1.54, 1.807) is 5.56 Å². The SMILES string of the molecule is CCC1SC2CC[C@@H]3c4ccc(O)cc4CC[C@@H]3C2S1. The lowest BCUT2D eigenvalue weighted by Gasteiger charge is -2.43. The maximum absolute atomic E-state index is 9.69. The van der Waals surface area contributed by atoms with E-state index in [0.29, 0.717) is 5.75 Å². The molecule has 2 fully saturated rings. The Morgan fingerprint density at radius 2 is 2.10 bits per heavy atom. The molecule has 1 N–H and O–H groups in total. The number of hydrogen-bond donors (Lipinski definition) is 1. The summed E-state index contributed by atoms with van der Waals surface area (Å²) < 4.78 is 0.838. The minimum atomic E-state index is 0.438. The van der Waals surface area contributed by atoms with Gasteiger partial charge in [-0.05, 0) is 67.2 Å². The van der Waals surface area contributed by atoms with Crippen molar-refractivity contribution in [3.8, 4) is 5.75 Å². The number of phenolic OH excluding ortho intramolecular Hbond substituents is 1. The molecule has 1 aromatic rings. The summed E-state index contributed by atoms with van der Waals surface area (Å²) in [6, 6.07) is 6.09. The highest BCUT2D eigenvalue weighted by molar-refractivity contribution is 8.20. The molecule has 4 rings (SSSR count). The lowest BCUT2D eigenvalue weighted by atomic mass is 9.67. The summed E-state index contributed by atoms with van der Waals surface area (Å²) in [5.41, 5.74) is 2.95. The zero-order valence-corrected chi connectivity index (χ0v) is 13.6. The number of hydrogen-bond acceptors (Lipinski definition) is 3. The van der Waals surface area contributed by atoms with Crippen LogP contribution in [0.5, 0.6) is 5.75 Å². The highest BCUT2D eigenvalue weighted by Crippen LogP contribution is 2.58. The molecule has 0 amide bonds. The van der Waals surface area contributed by atoms with Crippen LogP contribution in [0, 0.1) is 5.92 Å². The summed E-state index contributed by atoms with van der Waals surface area (Å²) in [6.45, 7) is 2.33. The van der Waals surface area contributed by atoms with E-state index in [4.69, 9.17) is 0 Å². The molecule has 1 aromatic carbocycles. The van der Waals surface area contributed by atoms with Gasteiger partial charge in [0.05, 0.1) is 4.58 Å². The minimum absolute atomic E-state index is 0.438. The second kappa shape index (κ2) is 5.17. The number of aryl methyl sites for hydroxylation is 1. The van der Waals surface area contributed by atoms with Crippen LogP contribution < -0.4 is 0 Å². The van der Waals surface area contributed by atoms with Crippen LogP contribution in [0.2, 0.25) is 0 Å². The Morgan fingerprint density at radius 1 is 1.20 bits per heavy atom. The van der Waals surface area contributed by atoms with E-state index in [1.165, 1.54) is 31.2 Å². The van der Waals surface area contributed by atoms with Crippen molar-refractivity contribution in [3.05, 3.63) is 29.3 Å². The van der Waals surface area contributed by atoms with Gasteiger partial charge in [-0.2, -0.15) is 0 Å². The van der Waals surface area contributed by atoms with Crippen molar-refractivity contribution in [2.45, 2.75) is 60.0 Å². The molecule has 0 radical (unpaired) electrons. The summed E-state index contributed by atoms with van der Waals surface area (Å²) in [5, 5.41) is 11.5. The van der Waals surface area contributed by atoms with Crippen LogP contribution in [-0.4, -0.2) is 20.2 Å². The van der Waals surface area contributed by atoms with Gasteiger partial charge in [0, 0.05) is 10.5 Å². The molecular formula is C17H22OS2. The molecule has 0 bridgehead atoms. The monoisotopic (exact) mass is 306 g/mol. The lowest BCUT2D eigenvalue weighted by molar-refractivity contribution is 0.292. The molecule has 1 saturated heterocycles. The van der Waals surface area contributed by atoms with Crippen molar-refractivity contribution < 1.29 is 5.11 Å². The van der Waals surface area contributed by atoms with Crippen LogP contribution in [0.25, 0.3) is 0 Å². The molecule has 1 saturated carbocycles. The van der Waals surface area contributed by atoms with Crippen molar-refractivity contribution in [2.24, 2.45) is 5.92 Å². The van der Waals surface area contributed by atoms with Crippen LogP contribution >= 0.6 is 23.5 Å². The molecule has 0 aromatic heterocycles. The molecule has 1 nitrogen and oxygen atoms in total. The largest absolute Gasteiger partial charge is 0.508 e. The first-order valence-electron chi connectivity index (χ1n) is 7.89. The predicted octanol–water partition coefficient (Wildman–Crippen LogP) is 4.79. The van der Waals surface area contributed by atoms with E-state index < -0.39 is 0 Å². The van der Waals surface area contributed by atoms with Crippen molar-refractivity contribution >= 4 is 23.5 Å². The second-order valence-electron chi connectivity index (χ2n) is 6.38. The Kier molecular flexibility index (Phi) is 3.46. The van der Waals surface area contributed by atoms with Crippen LogP contribution in [-0.2, 0) is 6.42 Å². The van der Waals surface area contributed by atoms with Gasteiger partial charge in [-0.1, -0.05) is 13.0 Å². The quantitative estimate of drug-likeness (QED) is 0.806. The van der Waals surface area contributed by atoms with E-state index in [2.05, 4.69) is 36.5 Å². The first-order valence-corrected chi connectivity index (χ1v) is 9.77. The van der Waals surface area contributed by atoms with E-state index >= 15 is 0 Å². The van der Waals surface area contributed by atoms with Gasteiger partial charge in [0.15, 0.2) is 0 Å². The maximum Gasteiger partial charge on any atom is 0.115 e. The first-order chi connectivity index (χ1) is 9.76. The molecule has 3 aliphatic rings. The smallest absolute Gasteiger partial charge is 0.115 e. The van der Waals surface area contributed by atoms with Crippen molar-refractivity contribution in [1.29, 1.82) is 0 Å². The highest BCUT2D eigenvalue weighted by atomic mass is 32.2. The molecule has 20 heavy (non-hydrogen) atoms. The third-order valence-corrected chi connectivity index (χ3v) is 9.29. The second-order valence-corrected chi connectivity index (χ2v) is 9.51. The topological polar surface area (TPSA) is 20.2 Å². The normalized spacial score (nSPS) is 39.0. The number of benzene rings is 1. The molecule has 0 spiro atoms. The van der Waals surface area contributed by atoms with E-state index in [1.807, 2.05) is 12.1 Å². The number of thioether (sulfide) groups is 2. The van der Waals surface area contributed by atoms with Gasteiger partial charge < -0.3 is 5.11 Å². The molecule has 3 unspecified atom stereocenters. The molecule has 3 heteroatoms. The minimum Gasteiger partial charge on any atom is -0.508 e. The molecule has 1 heterocycles. The fraction of sp³-hybridized carbons (Fsp3) is 0.647. The van der Waals surface area contributed by atoms with Crippen LogP contribution in [0.1, 0.15) is 49.7 Å². The molecule has 5 atom stereocenters. The zero-order valence-electron chi connectivity index (χ0n) is 11.9. The lowest BCUT2D eigenvalue weighted by Crippen LogP contribution is -2.38. The number of fused-ring (bicyclic) bond motifs is 5. The number of aromatic hydroxyl groups is 1. The van der Waals surface area contributed by atoms with Gasteiger partial charge in [0.2, 0.25) is 0 Å². The number of phenols is 1. The van der Waals surface area contributed by atoms with Crippen molar-refractivity contribution in [3.63, 3.8) is 0 Å². The van der Waals surface area contributed by atoms with E-state index in [0.717, 1.165) is 33.3 Å². The Morgan fingerprint density at radius 3 is 2.95 bits per heavy atom. The summed E-state index contributed by atoms with van der Waals surface area (Å²) in [4.78, 5) is 0. The van der Waals surface area contributed by atoms with Gasteiger partial charge >= 0.3 is 0 Å². The summed E-state index contributed by atoms with van der Waals surface area (Å²) in [5.74, 6) is 2.07. The van der Waals surface area contributed by atoms with Gasteiger partial charge in [-0.25, -0.2) is 0 Å². The zero-order chi connectivity index (χ0) is 13.7. The van der Waals surface area contributed by atoms with Crippen LogP contribution in [0.4, 0.5) is 0 Å². The third kappa shape index (κ3) is 2.09. The average Bonchev–Trinajstić information content (AvgIpc) is 2.89. The fourth-order valence-electron chi connectivity index (χ4n) is 4.40. The predicted molar refractivity (Wildman–Crippen MR) is 88.7 cm³/mol. The van der Waals surface area contributed by atoms with E-state index in [9.17, 15) is 5.11 Å². The first kappa shape index (κ1) is 13.4. The Bertz CT molecular complexity index is 516. The van der Waals surface area contributed by atoms with Gasteiger partial charge in [0.1, 0.15) is 5.75 Å². The third-order valence-electron chi connectivity index (χ3n) is 5.31. The Hall–Kier alpha value is -0.280. The van der Waals surface area contributed by atoms with Gasteiger partial charge in [0.25, 0.3) is 0 Å². The highest BCUT2D eigenvalue weighted by Gasteiger charge is 2.47. The molecule has 2 aliphatic carbocycles. The summed E-state index contributed by atoms with van der Waals surface area (Å²) in [7, 11) is 0. The maximum atomic E-state index is 9.69. The Labute approximate surface area is 129 Å². The summed E-state index contributed by atoms with van der Waals surface area (Å²) >= 11 is 4.53. The van der Waals surface area contributed by atoms with Gasteiger partial charge in [-0.15, -0.1) is 23.5 Å². The van der Waals surface area contributed by atoms with Crippen molar-refractivity contribution in [2.75, 3.05) is 0 Å². The number of rotatable bonds is 1. The molecule has 108 valence electrons. The standard InChI is InChI=1S/C17H22OS2/c1-2-16-19-15-8-7-13-12-6-4-11(18)9-10(12)3-5-14(13)17(15)20-16/h4,6,9,13-18H,2-3,5,7-8H2,1H3/t13-,14+,15?,16?,17?/m1/s1. The molecule has 1 aliphatic heterocycles. The summed E-state index contributed by atoms with van der Waals surface area (Å²) in [6.07, 6.45) is 6.54. The molecular weight excluding hydrogens is 284 g/mol. The Balaban J connectivity index is 1.64. The van der Waals surface area contributed by atoms with E-state index in [-0.39, 0.29) is 0 Å². The fourth-order valence-corrected chi connectivity index (χ4v) is 8.45. The van der Waals surface area contributed by atoms with Crippen molar-refractivity contribution in [1.82, 2.24) is 0 Å².